The number of hydrogen-bond donors (Lipinski definition) is 0. The summed E-state index contributed by atoms with van der Waals surface area (Å²) >= 11 is 8.96. The molecule has 0 fully saturated rings. The molecule has 0 spiro atoms. The zero-order chi connectivity index (χ0) is 21.9. The second-order valence-corrected chi connectivity index (χ2v) is 9.38. The summed E-state index contributed by atoms with van der Waals surface area (Å²) in [5, 5.41) is 12.8. The van der Waals surface area contributed by atoms with Gasteiger partial charge in [0.25, 0.3) is 5.91 Å². The van der Waals surface area contributed by atoms with Crippen LogP contribution in [0.5, 0.6) is 0 Å². The molecule has 1 amide bonds. The van der Waals surface area contributed by atoms with Crippen LogP contribution in [0.2, 0.25) is 5.02 Å². The Labute approximate surface area is 197 Å². The Hall–Kier alpha value is -2.88. The first kappa shape index (κ1) is 21.0. The summed E-state index contributed by atoms with van der Waals surface area (Å²) in [5.41, 5.74) is 1.75. The second-order valence-electron chi connectivity index (χ2n) is 7.01. The van der Waals surface area contributed by atoms with Crippen LogP contribution in [0, 0.1) is 0 Å². The molecule has 0 radical (unpaired) electrons. The molecule has 5 rings (SSSR count). The predicted octanol–water partition coefficient (Wildman–Crippen LogP) is 5.66. The zero-order valence-electron chi connectivity index (χ0n) is 16.7. The van der Waals surface area contributed by atoms with E-state index in [1.807, 2.05) is 53.9 Å². The third-order valence-electron chi connectivity index (χ3n) is 4.88. The monoisotopic (exact) mass is 484 g/mol. The fourth-order valence-corrected chi connectivity index (χ4v) is 4.85. The summed E-state index contributed by atoms with van der Waals surface area (Å²) in [6, 6.07) is 14.7. The van der Waals surface area contributed by atoms with Crippen molar-refractivity contribution in [3.05, 3.63) is 82.4 Å². The number of aromatic nitrogens is 2. The quantitative estimate of drug-likeness (QED) is 0.336. The van der Waals surface area contributed by atoms with Gasteiger partial charge in [0.1, 0.15) is 11.8 Å². The molecule has 1 aliphatic heterocycles. The number of furan rings is 1. The first-order chi connectivity index (χ1) is 15.7. The average molecular weight is 485 g/mol. The van der Waals surface area contributed by atoms with Crippen molar-refractivity contribution >= 4 is 46.3 Å². The van der Waals surface area contributed by atoms with Crippen molar-refractivity contribution in [2.45, 2.75) is 18.2 Å². The zero-order valence-corrected chi connectivity index (χ0v) is 19.1. The lowest BCUT2D eigenvalue weighted by atomic mass is 10.0. The molecule has 1 unspecified atom stereocenters. The minimum Gasteiger partial charge on any atom is -0.467 e. The summed E-state index contributed by atoms with van der Waals surface area (Å²) in [4.78, 5) is 18.4. The Morgan fingerprint density at radius 3 is 2.84 bits per heavy atom. The highest BCUT2D eigenvalue weighted by Gasteiger charge is 2.34. The van der Waals surface area contributed by atoms with Crippen LogP contribution < -0.4 is 0 Å². The molecule has 1 atom stereocenters. The number of amides is 1. The topological polar surface area (TPSA) is 84.7 Å². The molecule has 0 saturated carbocycles. The molecule has 0 saturated heterocycles. The van der Waals surface area contributed by atoms with Gasteiger partial charge in [0, 0.05) is 11.4 Å². The Morgan fingerprint density at radius 2 is 2.09 bits per heavy atom. The first-order valence-electron chi connectivity index (χ1n) is 9.80. The highest BCUT2D eigenvalue weighted by atomic mass is 35.5. The lowest BCUT2D eigenvalue weighted by molar-refractivity contribution is -0.130. The predicted molar refractivity (Wildman–Crippen MR) is 125 cm³/mol. The van der Waals surface area contributed by atoms with E-state index in [-0.39, 0.29) is 17.7 Å². The maximum Gasteiger partial charge on any atom is 0.253 e. The van der Waals surface area contributed by atoms with Crippen LogP contribution in [0.1, 0.15) is 29.7 Å². The van der Waals surface area contributed by atoms with Crippen LogP contribution in [-0.4, -0.2) is 32.5 Å². The van der Waals surface area contributed by atoms with Crippen molar-refractivity contribution in [3.8, 4) is 10.7 Å². The standard InChI is InChI=1S/C22H17ClN4O3S2/c23-15-7-5-14(6-8-15)16-11-17(18-3-1-9-29-18)27(25-16)21(28)13-31-12-20-24-22(26-30-20)19-4-2-10-32-19/h1-10,17H,11-13H2. The highest BCUT2D eigenvalue weighted by molar-refractivity contribution is 7.99. The van der Waals surface area contributed by atoms with Crippen LogP contribution in [0.3, 0.4) is 0 Å². The fourth-order valence-electron chi connectivity index (χ4n) is 3.37. The molecule has 4 heterocycles. The van der Waals surface area contributed by atoms with Crippen LogP contribution in [0.25, 0.3) is 10.7 Å². The van der Waals surface area contributed by atoms with Crippen molar-refractivity contribution in [3.63, 3.8) is 0 Å². The summed E-state index contributed by atoms with van der Waals surface area (Å²) in [5.74, 6) is 2.31. The number of halogens is 1. The number of thioether (sulfide) groups is 1. The average Bonchev–Trinajstić information content (AvgIpc) is 3.61. The van der Waals surface area contributed by atoms with E-state index >= 15 is 0 Å². The molecule has 4 aromatic rings. The molecular weight excluding hydrogens is 468 g/mol. The third-order valence-corrected chi connectivity index (χ3v) is 6.90. The Bertz CT molecular complexity index is 1220. The molecule has 0 bridgehead atoms. The van der Waals surface area contributed by atoms with Crippen LogP contribution in [0.15, 0.2) is 74.2 Å². The van der Waals surface area contributed by atoms with E-state index in [1.165, 1.54) is 16.8 Å². The van der Waals surface area contributed by atoms with Crippen molar-refractivity contribution in [1.82, 2.24) is 15.1 Å². The Morgan fingerprint density at radius 1 is 1.22 bits per heavy atom. The molecule has 32 heavy (non-hydrogen) atoms. The van der Waals surface area contributed by atoms with Crippen LogP contribution in [-0.2, 0) is 10.5 Å². The van der Waals surface area contributed by atoms with Crippen molar-refractivity contribution in [2.24, 2.45) is 5.10 Å². The first-order valence-corrected chi connectivity index (χ1v) is 12.2. The van der Waals surface area contributed by atoms with Crippen LogP contribution >= 0.6 is 34.7 Å². The fraction of sp³-hybridized carbons (Fsp3) is 0.182. The second kappa shape index (κ2) is 9.32. The number of hydrazone groups is 1. The van der Waals surface area contributed by atoms with E-state index in [9.17, 15) is 4.79 Å². The number of rotatable bonds is 7. The van der Waals surface area contributed by atoms with Crippen LogP contribution in [0.4, 0.5) is 0 Å². The largest absolute Gasteiger partial charge is 0.467 e. The van der Waals surface area contributed by atoms with Gasteiger partial charge in [-0.3, -0.25) is 4.79 Å². The number of thiophene rings is 1. The molecule has 0 N–H and O–H groups in total. The summed E-state index contributed by atoms with van der Waals surface area (Å²) in [6.07, 6.45) is 2.17. The van der Waals surface area contributed by atoms with E-state index in [0.29, 0.717) is 34.7 Å². The number of hydrogen-bond acceptors (Lipinski definition) is 8. The molecule has 3 aromatic heterocycles. The number of benzene rings is 1. The maximum atomic E-state index is 13.0. The van der Waals surface area contributed by atoms with Gasteiger partial charge in [-0.15, -0.1) is 23.1 Å². The van der Waals surface area contributed by atoms with E-state index in [4.69, 9.17) is 20.5 Å². The molecular formula is C22H17ClN4O3S2. The van der Waals surface area contributed by atoms with E-state index in [0.717, 1.165) is 16.2 Å². The van der Waals surface area contributed by atoms with Gasteiger partial charge in [0.2, 0.25) is 11.7 Å². The van der Waals surface area contributed by atoms with E-state index in [2.05, 4.69) is 15.2 Å². The number of carbonyl (C=O) groups is 1. The Kier molecular flexibility index (Phi) is 6.11. The van der Waals surface area contributed by atoms with Gasteiger partial charge in [-0.1, -0.05) is 35.0 Å². The summed E-state index contributed by atoms with van der Waals surface area (Å²) in [6.45, 7) is 0. The van der Waals surface area contributed by atoms with Gasteiger partial charge >= 0.3 is 0 Å². The molecule has 162 valence electrons. The smallest absolute Gasteiger partial charge is 0.253 e. The molecule has 10 heteroatoms. The Balaban J connectivity index is 1.26. The molecule has 7 nitrogen and oxygen atoms in total. The van der Waals surface area contributed by atoms with Gasteiger partial charge in [0.05, 0.1) is 28.4 Å². The van der Waals surface area contributed by atoms with Gasteiger partial charge < -0.3 is 8.94 Å². The number of carbonyl (C=O) groups excluding carboxylic acids is 1. The number of nitrogens with zero attached hydrogens (tertiary/aromatic N) is 4. The normalized spacial score (nSPS) is 15.8. The van der Waals surface area contributed by atoms with Gasteiger partial charge in [-0.05, 0) is 41.3 Å². The maximum absolute atomic E-state index is 13.0. The molecule has 0 aliphatic carbocycles. The van der Waals surface area contributed by atoms with Gasteiger partial charge in [-0.2, -0.15) is 10.1 Å². The van der Waals surface area contributed by atoms with Gasteiger partial charge in [0.15, 0.2) is 0 Å². The van der Waals surface area contributed by atoms with Crippen molar-refractivity contribution in [2.75, 3.05) is 5.75 Å². The molecule has 1 aliphatic rings. The molecule has 1 aromatic carbocycles. The van der Waals surface area contributed by atoms with E-state index < -0.39 is 0 Å². The SMILES string of the molecule is O=C(CSCc1nc(-c2cccs2)no1)N1N=C(c2ccc(Cl)cc2)CC1c1ccco1. The lowest BCUT2D eigenvalue weighted by Gasteiger charge is -2.19. The minimum absolute atomic E-state index is 0.113. The summed E-state index contributed by atoms with van der Waals surface area (Å²) in [7, 11) is 0. The lowest BCUT2D eigenvalue weighted by Crippen LogP contribution is -2.28. The third kappa shape index (κ3) is 4.50. The minimum atomic E-state index is -0.280. The van der Waals surface area contributed by atoms with Crippen molar-refractivity contribution < 1.29 is 13.7 Å². The van der Waals surface area contributed by atoms with Gasteiger partial charge in [-0.25, -0.2) is 5.01 Å². The van der Waals surface area contributed by atoms with Crippen molar-refractivity contribution in [1.29, 1.82) is 0 Å². The highest BCUT2D eigenvalue weighted by Crippen LogP contribution is 2.34. The summed E-state index contributed by atoms with van der Waals surface area (Å²) < 4.78 is 10.9. The van der Waals surface area contributed by atoms with E-state index in [1.54, 1.807) is 17.6 Å².